The molecule has 17 heavy (non-hydrogen) atoms. The van der Waals surface area contributed by atoms with Crippen LogP contribution in [-0.2, 0) is 9.53 Å². The van der Waals surface area contributed by atoms with Crippen molar-refractivity contribution in [2.75, 3.05) is 20.3 Å². The molecule has 0 aliphatic heterocycles. The molecule has 0 spiro atoms. The summed E-state index contributed by atoms with van der Waals surface area (Å²) in [6.07, 6.45) is 1.67. The Balaban J connectivity index is 4.33. The van der Waals surface area contributed by atoms with Crippen LogP contribution in [0.1, 0.15) is 40.5 Å². The van der Waals surface area contributed by atoms with Gasteiger partial charge in [-0.25, -0.2) is 0 Å². The number of hydrogen-bond donors (Lipinski definition) is 2. The van der Waals surface area contributed by atoms with Crippen molar-refractivity contribution in [3.05, 3.63) is 0 Å². The Kier molecular flexibility index (Phi) is 7.39. The number of carbonyl (C=O) groups excluding carboxylic acids is 1. The molecule has 0 radical (unpaired) electrons. The van der Waals surface area contributed by atoms with Crippen molar-refractivity contribution in [1.29, 1.82) is 0 Å². The SMILES string of the molecule is CCC(COC)NC(=O)C(CN)CC(C)(C)C. The second kappa shape index (κ2) is 7.67. The van der Waals surface area contributed by atoms with E-state index in [4.69, 9.17) is 10.5 Å². The van der Waals surface area contributed by atoms with Gasteiger partial charge in [0.05, 0.1) is 18.6 Å². The minimum atomic E-state index is -0.110. The molecule has 0 aliphatic rings. The van der Waals surface area contributed by atoms with E-state index in [9.17, 15) is 4.79 Å². The molecular weight excluding hydrogens is 216 g/mol. The maximum absolute atomic E-state index is 12.0. The van der Waals surface area contributed by atoms with Crippen LogP contribution in [0, 0.1) is 11.3 Å². The summed E-state index contributed by atoms with van der Waals surface area (Å²) in [7, 11) is 1.64. The average molecular weight is 244 g/mol. The predicted molar refractivity (Wildman–Crippen MR) is 70.7 cm³/mol. The summed E-state index contributed by atoms with van der Waals surface area (Å²) in [5.74, 6) is -0.0627. The normalized spacial score (nSPS) is 15.4. The highest BCUT2D eigenvalue weighted by Crippen LogP contribution is 2.24. The molecule has 0 saturated heterocycles. The smallest absolute Gasteiger partial charge is 0.224 e. The standard InChI is InChI=1S/C13H28N2O2/c1-6-11(9-17-5)15-12(16)10(8-14)7-13(2,3)4/h10-11H,6-9,14H2,1-5H3,(H,15,16). The molecule has 0 saturated carbocycles. The lowest BCUT2D eigenvalue weighted by Crippen LogP contribution is -2.44. The highest BCUT2D eigenvalue weighted by molar-refractivity contribution is 5.79. The summed E-state index contributed by atoms with van der Waals surface area (Å²) in [6, 6.07) is 0.0847. The predicted octanol–water partition coefficient (Wildman–Crippen LogP) is 1.54. The molecule has 0 aliphatic carbocycles. The Morgan fingerprint density at radius 3 is 2.35 bits per heavy atom. The van der Waals surface area contributed by atoms with Crippen molar-refractivity contribution < 1.29 is 9.53 Å². The third-order valence-corrected chi connectivity index (χ3v) is 2.72. The van der Waals surface area contributed by atoms with Crippen molar-refractivity contribution in [3.8, 4) is 0 Å². The molecule has 1 amide bonds. The fraction of sp³-hybridized carbons (Fsp3) is 0.923. The first-order valence-corrected chi connectivity index (χ1v) is 6.33. The number of amides is 1. The molecule has 4 nitrogen and oxygen atoms in total. The molecule has 0 aromatic heterocycles. The Labute approximate surface area is 105 Å². The molecule has 4 heteroatoms. The number of methoxy groups -OCH3 is 1. The van der Waals surface area contributed by atoms with Crippen LogP contribution in [0.2, 0.25) is 0 Å². The summed E-state index contributed by atoms with van der Waals surface area (Å²) in [6.45, 7) is 9.34. The Hall–Kier alpha value is -0.610. The van der Waals surface area contributed by atoms with Gasteiger partial charge < -0.3 is 15.8 Å². The van der Waals surface area contributed by atoms with E-state index in [1.165, 1.54) is 0 Å². The molecule has 3 N–H and O–H groups in total. The molecule has 0 fully saturated rings. The zero-order valence-corrected chi connectivity index (χ0v) is 11.9. The van der Waals surface area contributed by atoms with Gasteiger partial charge in [0.25, 0.3) is 0 Å². The number of rotatable bonds is 7. The van der Waals surface area contributed by atoms with Crippen LogP contribution in [0.15, 0.2) is 0 Å². The minimum absolute atomic E-state index is 0.0475. The van der Waals surface area contributed by atoms with Crippen molar-refractivity contribution in [3.63, 3.8) is 0 Å². The van der Waals surface area contributed by atoms with Gasteiger partial charge in [-0.2, -0.15) is 0 Å². The lowest BCUT2D eigenvalue weighted by atomic mass is 9.84. The molecule has 0 bridgehead atoms. The maximum Gasteiger partial charge on any atom is 0.224 e. The van der Waals surface area contributed by atoms with Crippen molar-refractivity contribution in [1.82, 2.24) is 5.32 Å². The van der Waals surface area contributed by atoms with Crippen LogP contribution in [-0.4, -0.2) is 32.2 Å². The first-order valence-electron chi connectivity index (χ1n) is 6.33. The Morgan fingerprint density at radius 2 is 2.00 bits per heavy atom. The van der Waals surface area contributed by atoms with E-state index < -0.39 is 0 Å². The van der Waals surface area contributed by atoms with Gasteiger partial charge in [-0.1, -0.05) is 27.7 Å². The second-order valence-corrected chi connectivity index (χ2v) is 5.77. The minimum Gasteiger partial charge on any atom is -0.383 e. The highest BCUT2D eigenvalue weighted by atomic mass is 16.5. The maximum atomic E-state index is 12.0. The van der Waals surface area contributed by atoms with E-state index in [0.717, 1.165) is 12.8 Å². The number of nitrogens with two attached hydrogens (primary N) is 1. The summed E-state index contributed by atoms with van der Waals surface area (Å²) in [4.78, 5) is 12.0. The van der Waals surface area contributed by atoms with Gasteiger partial charge in [0.1, 0.15) is 0 Å². The molecule has 2 unspecified atom stereocenters. The number of carbonyl (C=O) groups is 1. The first-order chi connectivity index (χ1) is 7.84. The first kappa shape index (κ1) is 16.4. The largest absolute Gasteiger partial charge is 0.383 e. The molecule has 2 atom stereocenters. The highest BCUT2D eigenvalue weighted by Gasteiger charge is 2.24. The topological polar surface area (TPSA) is 64.3 Å². The summed E-state index contributed by atoms with van der Waals surface area (Å²) >= 11 is 0. The van der Waals surface area contributed by atoms with Gasteiger partial charge in [0, 0.05) is 13.7 Å². The van der Waals surface area contributed by atoms with Crippen molar-refractivity contribution in [2.45, 2.75) is 46.6 Å². The zero-order valence-electron chi connectivity index (χ0n) is 11.9. The monoisotopic (exact) mass is 244 g/mol. The Bertz CT molecular complexity index is 224. The summed E-state index contributed by atoms with van der Waals surface area (Å²) in [5, 5.41) is 3.00. The van der Waals surface area contributed by atoms with Crippen molar-refractivity contribution >= 4 is 5.91 Å². The van der Waals surface area contributed by atoms with Crippen LogP contribution in [0.5, 0.6) is 0 Å². The number of hydrogen-bond acceptors (Lipinski definition) is 3. The average Bonchev–Trinajstić information content (AvgIpc) is 2.23. The van der Waals surface area contributed by atoms with Gasteiger partial charge in [0.15, 0.2) is 0 Å². The fourth-order valence-corrected chi connectivity index (χ4v) is 1.80. The Morgan fingerprint density at radius 1 is 1.41 bits per heavy atom. The van der Waals surface area contributed by atoms with Gasteiger partial charge in [0.2, 0.25) is 5.91 Å². The number of nitrogens with one attached hydrogen (secondary N) is 1. The van der Waals surface area contributed by atoms with Gasteiger partial charge in [-0.3, -0.25) is 4.79 Å². The summed E-state index contributed by atoms with van der Waals surface area (Å²) < 4.78 is 5.06. The zero-order chi connectivity index (χ0) is 13.5. The van der Waals surface area contributed by atoms with E-state index >= 15 is 0 Å². The third-order valence-electron chi connectivity index (χ3n) is 2.72. The van der Waals surface area contributed by atoms with Crippen LogP contribution in [0.4, 0.5) is 0 Å². The van der Waals surface area contributed by atoms with E-state index in [2.05, 4.69) is 26.1 Å². The van der Waals surface area contributed by atoms with Gasteiger partial charge in [-0.15, -0.1) is 0 Å². The van der Waals surface area contributed by atoms with Gasteiger partial charge in [-0.05, 0) is 18.3 Å². The van der Waals surface area contributed by atoms with E-state index in [1.54, 1.807) is 7.11 Å². The third kappa shape index (κ3) is 7.34. The molecule has 102 valence electrons. The summed E-state index contributed by atoms with van der Waals surface area (Å²) in [5.41, 5.74) is 5.80. The van der Waals surface area contributed by atoms with E-state index in [1.807, 2.05) is 6.92 Å². The molecule has 0 aromatic rings. The van der Waals surface area contributed by atoms with Crippen LogP contribution in [0.25, 0.3) is 0 Å². The van der Waals surface area contributed by atoms with Crippen LogP contribution >= 0.6 is 0 Å². The molecule has 0 rings (SSSR count). The number of ether oxygens (including phenoxy) is 1. The second-order valence-electron chi connectivity index (χ2n) is 5.77. The van der Waals surface area contributed by atoms with Crippen LogP contribution < -0.4 is 11.1 Å². The molecule has 0 heterocycles. The van der Waals surface area contributed by atoms with Gasteiger partial charge >= 0.3 is 0 Å². The van der Waals surface area contributed by atoms with Crippen molar-refractivity contribution in [2.24, 2.45) is 17.1 Å². The van der Waals surface area contributed by atoms with E-state index in [0.29, 0.717) is 13.2 Å². The molecular formula is C13H28N2O2. The lowest BCUT2D eigenvalue weighted by molar-refractivity contribution is -0.126. The van der Waals surface area contributed by atoms with E-state index in [-0.39, 0.29) is 23.3 Å². The van der Waals surface area contributed by atoms with Crippen LogP contribution in [0.3, 0.4) is 0 Å². The molecule has 0 aromatic carbocycles. The lowest BCUT2D eigenvalue weighted by Gasteiger charge is -2.26. The quantitative estimate of drug-likeness (QED) is 0.714. The fourth-order valence-electron chi connectivity index (χ4n) is 1.80.